The number of carbonyl (C=O) groups excluding carboxylic acids is 1. The van der Waals surface area contributed by atoms with Gasteiger partial charge >= 0.3 is 0 Å². The van der Waals surface area contributed by atoms with Crippen LogP contribution >= 0.6 is 0 Å². The van der Waals surface area contributed by atoms with Gasteiger partial charge in [0.25, 0.3) is 5.91 Å². The Balaban J connectivity index is 1.52. The maximum Gasteiger partial charge on any atom is 0.272 e. The minimum atomic E-state index is -0.331. The Labute approximate surface area is 158 Å². The van der Waals surface area contributed by atoms with Crippen molar-refractivity contribution in [2.24, 2.45) is 0 Å². The van der Waals surface area contributed by atoms with Crippen molar-refractivity contribution >= 4 is 5.91 Å². The molecule has 2 heterocycles. The molecule has 4 rings (SSSR count). The number of carbonyl (C=O) groups is 1. The molecule has 1 aromatic carbocycles. The molecule has 1 N–H and O–H groups in total. The molecule has 1 aromatic heterocycles. The molecule has 0 saturated carbocycles. The van der Waals surface area contributed by atoms with Gasteiger partial charge < -0.3 is 10.1 Å². The number of benzene rings is 1. The summed E-state index contributed by atoms with van der Waals surface area (Å²) in [6.45, 7) is 6.03. The largest absolute Gasteiger partial charge is 0.379 e. The molecule has 1 fully saturated rings. The number of nitrogens with one attached hydrogen (secondary N) is 1. The van der Waals surface area contributed by atoms with Crippen molar-refractivity contribution < 1.29 is 13.9 Å². The van der Waals surface area contributed by atoms with E-state index in [9.17, 15) is 9.18 Å². The summed E-state index contributed by atoms with van der Waals surface area (Å²) in [6.07, 6.45) is 2.59. The van der Waals surface area contributed by atoms with Crippen molar-refractivity contribution in [2.75, 3.05) is 32.8 Å². The van der Waals surface area contributed by atoms with E-state index in [0.29, 0.717) is 11.4 Å². The smallest absolute Gasteiger partial charge is 0.272 e. The van der Waals surface area contributed by atoms with Crippen LogP contribution in [0.25, 0.3) is 5.69 Å². The first-order valence-electron chi connectivity index (χ1n) is 9.60. The SMILES string of the molecule is CC(CN1CCOCC1)NC(=O)c1nn(-c2ccccc2F)c2c1CCC2. The zero-order valence-corrected chi connectivity index (χ0v) is 15.6. The third-order valence-electron chi connectivity index (χ3n) is 5.24. The average molecular weight is 372 g/mol. The van der Waals surface area contributed by atoms with Gasteiger partial charge in [0.1, 0.15) is 11.5 Å². The van der Waals surface area contributed by atoms with Crippen molar-refractivity contribution in [2.45, 2.75) is 32.2 Å². The number of hydrogen-bond acceptors (Lipinski definition) is 4. The maximum absolute atomic E-state index is 14.2. The molecule has 27 heavy (non-hydrogen) atoms. The minimum absolute atomic E-state index is 0.00580. The lowest BCUT2D eigenvalue weighted by molar-refractivity contribution is 0.0342. The zero-order chi connectivity index (χ0) is 18.8. The van der Waals surface area contributed by atoms with Crippen LogP contribution in [0.3, 0.4) is 0 Å². The van der Waals surface area contributed by atoms with Gasteiger partial charge in [0.15, 0.2) is 5.69 Å². The number of fused-ring (bicyclic) bond motifs is 1. The highest BCUT2D eigenvalue weighted by Gasteiger charge is 2.28. The van der Waals surface area contributed by atoms with Gasteiger partial charge in [0.2, 0.25) is 0 Å². The predicted molar refractivity (Wildman–Crippen MR) is 99.7 cm³/mol. The Bertz CT molecular complexity index is 829. The van der Waals surface area contributed by atoms with E-state index in [-0.39, 0.29) is 17.8 Å². The lowest BCUT2D eigenvalue weighted by Gasteiger charge is -2.29. The first-order chi connectivity index (χ1) is 13.1. The number of amides is 1. The van der Waals surface area contributed by atoms with Gasteiger partial charge in [0, 0.05) is 36.9 Å². The Morgan fingerprint density at radius 2 is 2.07 bits per heavy atom. The zero-order valence-electron chi connectivity index (χ0n) is 15.6. The van der Waals surface area contributed by atoms with Crippen molar-refractivity contribution in [3.8, 4) is 5.69 Å². The van der Waals surface area contributed by atoms with E-state index in [1.54, 1.807) is 22.9 Å². The maximum atomic E-state index is 14.2. The second-order valence-electron chi connectivity index (χ2n) is 7.28. The first kappa shape index (κ1) is 18.1. The van der Waals surface area contributed by atoms with Crippen molar-refractivity contribution in [3.05, 3.63) is 47.0 Å². The number of hydrogen-bond donors (Lipinski definition) is 1. The minimum Gasteiger partial charge on any atom is -0.379 e. The third kappa shape index (κ3) is 3.75. The van der Waals surface area contributed by atoms with E-state index < -0.39 is 0 Å². The van der Waals surface area contributed by atoms with Crippen LogP contribution in [0.15, 0.2) is 24.3 Å². The van der Waals surface area contributed by atoms with Gasteiger partial charge in [-0.1, -0.05) is 12.1 Å². The van der Waals surface area contributed by atoms with Crippen LogP contribution < -0.4 is 5.32 Å². The number of aromatic nitrogens is 2. The van der Waals surface area contributed by atoms with E-state index in [4.69, 9.17) is 4.74 Å². The van der Waals surface area contributed by atoms with Gasteiger partial charge in [-0.3, -0.25) is 9.69 Å². The van der Waals surface area contributed by atoms with Crippen molar-refractivity contribution in [1.82, 2.24) is 20.0 Å². The molecule has 2 aromatic rings. The average Bonchev–Trinajstić information content (AvgIpc) is 3.25. The summed E-state index contributed by atoms with van der Waals surface area (Å²) < 4.78 is 21.2. The molecular formula is C20H25FN4O2. The molecule has 1 atom stereocenters. The van der Waals surface area contributed by atoms with Gasteiger partial charge in [-0.15, -0.1) is 0 Å². The van der Waals surface area contributed by atoms with Crippen molar-refractivity contribution in [3.63, 3.8) is 0 Å². The summed E-state index contributed by atoms with van der Waals surface area (Å²) in [7, 11) is 0. The van der Waals surface area contributed by atoms with Crippen LogP contribution in [0.1, 0.15) is 35.1 Å². The highest BCUT2D eigenvalue weighted by atomic mass is 19.1. The number of morpholine rings is 1. The molecule has 1 saturated heterocycles. The summed E-state index contributed by atoms with van der Waals surface area (Å²) in [5, 5.41) is 7.56. The monoisotopic (exact) mass is 372 g/mol. The standard InChI is InChI=1S/C20H25FN4O2/c1-14(13-24-9-11-27-12-10-24)22-20(26)19-15-5-4-8-17(15)25(23-19)18-7-3-2-6-16(18)21/h2-3,6-7,14H,4-5,8-13H2,1H3,(H,22,26). The molecule has 1 aliphatic heterocycles. The van der Waals surface area contributed by atoms with Gasteiger partial charge in [-0.25, -0.2) is 9.07 Å². The Hall–Kier alpha value is -2.25. The molecular weight excluding hydrogens is 347 g/mol. The van der Waals surface area contributed by atoms with Gasteiger partial charge in [-0.2, -0.15) is 5.10 Å². The molecule has 1 aliphatic carbocycles. The van der Waals surface area contributed by atoms with Gasteiger partial charge in [-0.05, 0) is 38.3 Å². The molecule has 144 valence electrons. The number of para-hydroxylation sites is 1. The summed E-state index contributed by atoms with van der Waals surface area (Å²) in [5.41, 5.74) is 2.73. The second-order valence-corrected chi connectivity index (χ2v) is 7.28. The van der Waals surface area contributed by atoms with E-state index in [0.717, 1.165) is 63.4 Å². The Morgan fingerprint density at radius 3 is 2.85 bits per heavy atom. The lowest BCUT2D eigenvalue weighted by Crippen LogP contribution is -2.46. The highest BCUT2D eigenvalue weighted by molar-refractivity contribution is 5.94. The van der Waals surface area contributed by atoms with E-state index in [1.165, 1.54) is 6.07 Å². The predicted octanol–water partition coefficient (Wildman–Crippen LogP) is 1.95. The number of ether oxygens (including phenoxy) is 1. The van der Waals surface area contributed by atoms with E-state index in [2.05, 4.69) is 15.3 Å². The highest BCUT2D eigenvalue weighted by Crippen LogP contribution is 2.28. The molecule has 0 radical (unpaired) electrons. The third-order valence-corrected chi connectivity index (χ3v) is 5.24. The number of nitrogens with zero attached hydrogens (tertiary/aromatic N) is 3. The molecule has 0 bridgehead atoms. The second kappa shape index (κ2) is 7.78. The molecule has 6 nitrogen and oxygen atoms in total. The van der Waals surface area contributed by atoms with Crippen LogP contribution in [0.5, 0.6) is 0 Å². The van der Waals surface area contributed by atoms with Crippen LogP contribution in [-0.2, 0) is 17.6 Å². The normalized spacial score (nSPS) is 18.3. The fraction of sp³-hybridized carbons (Fsp3) is 0.500. The van der Waals surface area contributed by atoms with E-state index >= 15 is 0 Å². The molecule has 0 spiro atoms. The van der Waals surface area contributed by atoms with Crippen LogP contribution in [0.2, 0.25) is 0 Å². The van der Waals surface area contributed by atoms with Crippen LogP contribution in [0, 0.1) is 5.82 Å². The molecule has 7 heteroatoms. The Morgan fingerprint density at radius 1 is 1.30 bits per heavy atom. The quantitative estimate of drug-likeness (QED) is 0.872. The number of halogens is 1. The lowest BCUT2D eigenvalue weighted by atomic mass is 10.2. The summed E-state index contributed by atoms with van der Waals surface area (Å²) >= 11 is 0. The summed E-state index contributed by atoms with van der Waals surface area (Å²) in [4.78, 5) is 15.2. The van der Waals surface area contributed by atoms with Crippen molar-refractivity contribution in [1.29, 1.82) is 0 Å². The fourth-order valence-electron chi connectivity index (χ4n) is 3.95. The Kier molecular flexibility index (Phi) is 5.22. The molecule has 1 unspecified atom stereocenters. The van der Waals surface area contributed by atoms with Crippen LogP contribution in [-0.4, -0.2) is 59.5 Å². The van der Waals surface area contributed by atoms with E-state index in [1.807, 2.05) is 6.92 Å². The summed E-state index contributed by atoms with van der Waals surface area (Å²) in [6, 6.07) is 6.56. The van der Waals surface area contributed by atoms with Gasteiger partial charge in [0.05, 0.1) is 13.2 Å². The number of rotatable bonds is 5. The fourth-order valence-corrected chi connectivity index (χ4v) is 3.95. The molecule has 1 amide bonds. The topological polar surface area (TPSA) is 59.4 Å². The van der Waals surface area contributed by atoms with Crippen LogP contribution in [0.4, 0.5) is 4.39 Å². The first-order valence-corrected chi connectivity index (χ1v) is 9.60. The summed E-state index contributed by atoms with van der Waals surface area (Å²) in [5.74, 6) is -0.508. The molecule has 2 aliphatic rings.